The lowest BCUT2D eigenvalue weighted by molar-refractivity contribution is -0.128. The summed E-state index contributed by atoms with van der Waals surface area (Å²) in [7, 11) is 0. The molecule has 0 saturated carbocycles. The van der Waals surface area contributed by atoms with E-state index >= 15 is 0 Å². The maximum absolute atomic E-state index is 13.2. The quantitative estimate of drug-likeness (QED) is 0.166. The van der Waals surface area contributed by atoms with E-state index < -0.39 is 25.1 Å². The maximum atomic E-state index is 13.2. The van der Waals surface area contributed by atoms with E-state index in [1.54, 1.807) is 33.7 Å². The zero-order valence-corrected chi connectivity index (χ0v) is 23.7. The van der Waals surface area contributed by atoms with E-state index in [9.17, 15) is 36.8 Å². The van der Waals surface area contributed by atoms with Crippen molar-refractivity contribution in [1.29, 1.82) is 5.26 Å². The molecule has 0 aliphatic carbocycles. The molecule has 2 amide bonds. The average molecular weight is 609 g/mol. The number of imidazole rings is 1. The number of nitrogens with one attached hydrogen (secondary N) is 2. The van der Waals surface area contributed by atoms with Crippen LogP contribution in [0.25, 0.3) is 11.0 Å². The molecule has 1 aliphatic heterocycles. The Labute approximate surface area is 242 Å². The molecule has 224 valence electrons. The molecule has 1 aliphatic rings. The van der Waals surface area contributed by atoms with Crippen molar-refractivity contribution >= 4 is 40.1 Å². The number of alkyl halides is 5. The fourth-order valence-electron chi connectivity index (χ4n) is 4.82. The summed E-state index contributed by atoms with van der Waals surface area (Å²) in [6.45, 7) is 3.14. The second-order valence-corrected chi connectivity index (χ2v) is 11.4. The highest BCUT2D eigenvalue weighted by molar-refractivity contribution is 7.14. The Bertz CT molecular complexity index is 1520. The van der Waals surface area contributed by atoms with E-state index in [-0.39, 0.29) is 52.2 Å². The van der Waals surface area contributed by atoms with Gasteiger partial charge in [0, 0.05) is 19.6 Å². The van der Waals surface area contributed by atoms with Crippen LogP contribution in [-0.2, 0) is 17.9 Å². The number of halogens is 5. The number of carbonyl (C=O) groups excluding carboxylic acids is 2. The lowest BCUT2D eigenvalue weighted by atomic mass is 10.1. The Morgan fingerprint density at radius 1 is 1.24 bits per heavy atom. The van der Waals surface area contributed by atoms with E-state index in [0.717, 1.165) is 0 Å². The van der Waals surface area contributed by atoms with Gasteiger partial charge in [0.15, 0.2) is 0 Å². The Kier molecular flexibility index (Phi) is 9.63. The summed E-state index contributed by atoms with van der Waals surface area (Å²) < 4.78 is 65.6. The van der Waals surface area contributed by atoms with Gasteiger partial charge >= 0.3 is 6.18 Å². The fourth-order valence-corrected chi connectivity index (χ4v) is 5.58. The molecule has 14 heteroatoms. The van der Waals surface area contributed by atoms with Gasteiger partial charge in [0.05, 0.1) is 33.4 Å². The number of nitriles is 1. The SMILES string of the molecule is CC(C)C=C(C#N)C(=O)N1CCCC1Cn1c(NC(=O)c2ccc(C(F)F)s2)nc2cc(CNCC(F)(F)F)ccc21. The van der Waals surface area contributed by atoms with E-state index in [1.807, 2.05) is 19.9 Å². The van der Waals surface area contributed by atoms with E-state index in [1.165, 1.54) is 12.1 Å². The molecule has 2 N–H and O–H groups in total. The number of hydrogen-bond acceptors (Lipinski definition) is 6. The van der Waals surface area contributed by atoms with Crippen LogP contribution in [0.15, 0.2) is 42.0 Å². The summed E-state index contributed by atoms with van der Waals surface area (Å²) in [6, 6.07) is 9.02. The molecule has 0 spiro atoms. The number of aromatic nitrogens is 2. The van der Waals surface area contributed by atoms with Crippen LogP contribution in [0.1, 0.15) is 53.2 Å². The van der Waals surface area contributed by atoms with Crippen molar-refractivity contribution in [2.75, 3.05) is 18.4 Å². The molecule has 0 bridgehead atoms. The smallest absolute Gasteiger partial charge is 0.333 e. The summed E-state index contributed by atoms with van der Waals surface area (Å²) in [5, 5.41) is 14.6. The van der Waals surface area contributed by atoms with Crippen molar-refractivity contribution in [1.82, 2.24) is 19.8 Å². The highest BCUT2D eigenvalue weighted by atomic mass is 32.1. The highest BCUT2D eigenvalue weighted by Crippen LogP contribution is 2.30. The summed E-state index contributed by atoms with van der Waals surface area (Å²) in [5.41, 5.74) is 1.53. The van der Waals surface area contributed by atoms with Crippen LogP contribution in [-0.4, -0.2) is 51.6 Å². The number of fused-ring (bicyclic) bond motifs is 1. The van der Waals surface area contributed by atoms with E-state index in [0.29, 0.717) is 47.3 Å². The van der Waals surface area contributed by atoms with Gasteiger partial charge < -0.3 is 14.8 Å². The Morgan fingerprint density at radius 3 is 2.64 bits per heavy atom. The normalized spacial score (nSPS) is 16.0. The molecule has 3 heterocycles. The van der Waals surface area contributed by atoms with Crippen molar-refractivity contribution in [3.05, 3.63) is 57.3 Å². The van der Waals surface area contributed by atoms with Crippen LogP contribution >= 0.6 is 11.3 Å². The number of thiophene rings is 1. The molecule has 0 radical (unpaired) electrons. The van der Waals surface area contributed by atoms with E-state index in [4.69, 9.17) is 0 Å². The first-order valence-corrected chi connectivity index (χ1v) is 14.1. The molecule has 8 nitrogen and oxygen atoms in total. The van der Waals surface area contributed by atoms with Gasteiger partial charge in [0.1, 0.15) is 11.6 Å². The predicted octanol–water partition coefficient (Wildman–Crippen LogP) is 6.04. The van der Waals surface area contributed by atoms with Gasteiger partial charge in [0.2, 0.25) is 5.95 Å². The number of likely N-dealkylation sites (tertiary alicyclic amines) is 1. The standard InChI is InChI=1S/C28H29F5N6O2S/c1-16(2)10-18(12-34)26(41)38-9-3-4-19(38)14-39-21-6-5-17(13-35-15-28(31,32)33)11-20(21)36-27(39)37-25(40)23-8-7-22(42-23)24(29)30/h5-8,10-11,16,19,24,35H,3-4,9,13-15H2,1-2H3,(H,36,37,40). The Balaban J connectivity index is 1.65. The lowest BCUT2D eigenvalue weighted by Gasteiger charge is -2.26. The van der Waals surface area contributed by atoms with Crippen molar-refractivity contribution in [3.63, 3.8) is 0 Å². The lowest BCUT2D eigenvalue weighted by Crippen LogP contribution is -2.39. The molecule has 1 saturated heterocycles. The van der Waals surface area contributed by atoms with Crippen LogP contribution in [0.2, 0.25) is 0 Å². The van der Waals surface area contributed by atoms with Crippen LogP contribution < -0.4 is 10.6 Å². The van der Waals surface area contributed by atoms with Gasteiger partial charge in [-0.1, -0.05) is 26.0 Å². The minimum absolute atomic E-state index is 0.00767. The molecular formula is C28H29F5N6O2S. The van der Waals surface area contributed by atoms with Gasteiger partial charge in [-0.15, -0.1) is 11.3 Å². The van der Waals surface area contributed by atoms with Crippen LogP contribution in [0.3, 0.4) is 0 Å². The van der Waals surface area contributed by atoms with Crippen molar-refractivity contribution in [2.45, 2.75) is 58.4 Å². The first kappa shape index (κ1) is 31.1. The number of allylic oxidation sites excluding steroid dienone is 1. The first-order valence-electron chi connectivity index (χ1n) is 13.2. The zero-order valence-electron chi connectivity index (χ0n) is 22.8. The number of nitrogens with zero attached hydrogens (tertiary/aromatic N) is 4. The minimum atomic E-state index is -4.37. The van der Waals surface area contributed by atoms with Crippen LogP contribution in [0.4, 0.5) is 27.9 Å². The molecule has 1 aromatic carbocycles. The molecule has 1 unspecified atom stereocenters. The number of amides is 2. The second-order valence-electron chi connectivity index (χ2n) is 10.3. The fraction of sp³-hybridized carbons (Fsp3) is 0.429. The molecular weight excluding hydrogens is 579 g/mol. The van der Waals surface area contributed by atoms with Gasteiger partial charge in [-0.3, -0.25) is 14.9 Å². The monoisotopic (exact) mass is 608 g/mol. The van der Waals surface area contributed by atoms with Gasteiger partial charge in [0.25, 0.3) is 18.2 Å². The second kappa shape index (κ2) is 13.0. The number of anilines is 1. The van der Waals surface area contributed by atoms with Crippen LogP contribution in [0.5, 0.6) is 0 Å². The number of carbonyl (C=O) groups is 2. The third kappa shape index (κ3) is 7.51. The Hall–Kier alpha value is -3.83. The zero-order chi connectivity index (χ0) is 30.6. The predicted molar refractivity (Wildman–Crippen MR) is 148 cm³/mol. The van der Waals surface area contributed by atoms with Crippen LogP contribution in [0, 0.1) is 17.2 Å². The summed E-state index contributed by atoms with van der Waals surface area (Å²) in [5.74, 6) is -0.951. The van der Waals surface area contributed by atoms with Crippen molar-refractivity contribution in [3.8, 4) is 6.07 Å². The topological polar surface area (TPSA) is 103 Å². The van der Waals surface area contributed by atoms with Crippen molar-refractivity contribution in [2.24, 2.45) is 5.92 Å². The summed E-state index contributed by atoms with van der Waals surface area (Å²) >= 11 is 0.653. The molecule has 4 rings (SSSR count). The summed E-state index contributed by atoms with van der Waals surface area (Å²) in [4.78, 5) is 32.2. The molecule has 2 aromatic heterocycles. The average Bonchev–Trinajstić information content (AvgIpc) is 3.66. The number of benzene rings is 1. The molecule has 1 atom stereocenters. The van der Waals surface area contributed by atoms with Gasteiger partial charge in [-0.2, -0.15) is 18.4 Å². The third-order valence-electron chi connectivity index (χ3n) is 6.64. The molecule has 42 heavy (non-hydrogen) atoms. The first-order chi connectivity index (χ1) is 19.9. The molecule has 1 fully saturated rings. The van der Waals surface area contributed by atoms with E-state index in [2.05, 4.69) is 15.6 Å². The summed E-state index contributed by atoms with van der Waals surface area (Å²) in [6.07, 6.45) is -4.15. The number of rotatable bonds is 10. The minimum Gasteiger partial charge on any atom is -0.333 e. The van der Waals surface area contributed by atoms with Crippen molar-refractivity contribution < 1.29 is 31.5 Å². The van der Waals surface area contributed by atoms with Gasteiger partial charge in [-0.05, 0) is 48.6 Å². The largest absolute Gasteiger partial charge is 0.401 e. The third-order valence-corrected chi connectivity index (χ3v) is 7.73. The number of hydrogen-bond donors (Lipinski definition) is 2. The Morgan fingerprint density at radius 2 is 2.00 bits per heavy atom. The van der Waals surface area contributed by atoms with Gasteiger partial charge in [-0.25, -0.2) is 13.8 Å². The highest BCUT2D eigenvalue weighted by Gasteiger charge is 2.32. The molecule has 3 aromatic rings. The maximum Gasteiger partial charge on any atom is 0.401 e.